The molecule has 5 heteroatoms. The molecule has 1 heterocycles. The average molecular weight is 183 g/mol. The quantitative estimate of drug-likeness (QED) is 0.391. The second kappa shape index (κ2) is 4.06. The van der Waals surface area contributed by atoms with Gasteiger partial charge in [0.05, 0.1) is 12.1 Å². The summed E-state index contributed by atoms with van der Waals surface area (Å²) in [5.41, 5.74) is 2.48. The van der Waals surface area contributed by atoms with Crippen molar-refractivity contribution in [3.05, 3.63) is 23.7 Å². The van der Waals surface area contributed by atoms with Crippen LogP contribution in [0.15, 0.2) is 16.7 Å². The lowest BCUT2D eigenvalue weighted by Gasteiger charge is -2.04. The topological polar surface area (TPSA) is 71.5 Å². The van der Waals surface area contributed by atoms with Crippen molar-refractivity contribution < 1.29 is 9.21 Å². The second-order valence-corrected chi connectivity index (χ2v) is 3.01. The maximum atomic E-state index is 11.0. The molecule has 1 rings (SSSR count). The zero-order valence-electron chi connectivity index (χ0n) is 7.70. The van der Waals surface area contributed by atoms with Crippen LogP contribution in [0.1, 0.15) is 16.1 Å². The largest absolute Gasteiger partial charge is 0.467 e. The van der Waals surface area contributed by atoms with Crippen LogP contribution in [0.4, 0.5) is 0 Å². The molecule has 0 spiro atoms. The lowest BCUT2D eigenvalue weighted by molar-refractivity contribution is 0.0953. The molecule has 0 fully saturated rings. The molecule has 0 radical (unpaired) electrons. The summed E-state index contributed by atoms with van der Waals surface area (Å²) in [7, 11) is 3.84. The Morgan fingerprint density at radius 1 is 1.69 bits per heavy atom. The number of furan rings is 1. The molecule has 0 unspecified atom stereocenters. The molecule has 0 aliphatic carbocycles. The number of carbonyl (C=O) groups is 1. The van der Waals surface area contributed by atoms with E-state index < -0.39 is 0 Å². The van der Waals surface area contributed by atoms with E-state index in [4.69, 9.17) is 10.3 Å². The van der Waals surface area contributed by atoms with Gasteiger partial charge >= 0.3 is 0 Å². The maximum absolute atomic E-state index is 11.0. The summed E-state index contributed by atoms with van der Waals surface area (Å²) < 4.78 is 5.14. The van der Waals surface area contributed by atoms with Gasteiger partial charge in [-0.05, 0) is 20.2 Å². The highest BCUT2D eigenvalue weighted by atomic mass is 16.3. The molecule has 0 aliphatic rings. The summed E-state index contributed by atoms with van der Waals surface area (Å²) in [6, 6.07) is 1.67. The van der Waals surface area contributed by atoms with Crippen LogP contribution in [0.5, 0.6) is 0 Å². The van der Waals surface area contributed by atoms with E-state index in [2.05, 4.69) is 0 Å². The van der Waals surface area contributed by atoms with Crippen molar-refractivity contribution in [1.29, 1.82) is 0 Å². The van der Waals surface area contributed by atoms with E-state index in [9.17, 15) is 4.79 Å². The molecule has 3 N–H and O–H groups in total. The Morgan fingerprint density at radius 3 is 2.92 bits per heavy atom. The monoisotopic (exact) mass is 183 g/mol. The minimum absolute atomic E-state index is 0.339. The van der Waals surface area contributed by atoms with Crippen molar-refractivity contribution in [2.45, 2.75) is 6.54 Å². The van der Waals surface area contributed by atoms with Crippen molar-refractivity contribution in [3.8, 4) is 0 Å². The maximum Gasteiger partial charge on any atom is 0.268 e. The third-order valence-electron chi connectivity index (χ3n) is 1.52. The fraction of sp³-hybridized carbons (Fsp3) is 0.375. The minimum Gasteiger partial charge on any atom is -0.467 e. The van der Waals surface area contributed by atoms with Crippen LogP contribution in [-0.2, 0) is 6.54 Å². The second-order valence-electron chi connectivity index (χ2n) is 3.01. The first-order chi connectivity index (χ1) is 6.13. The van der Waals surface area contributed by atoms with Crippen molar-refractivity contribution in [3.63, 3.8) is 0 Å². The average Bonchev–Trinajstić information content (AvgIpc) is 2.50. The molecular formula is C8H13N3O2. The van der Waals surface area contributed by atoms with Crippen molar-refractivity contribution >= 4 is 5.91 Å². The van der Waals surface area contributed by atoms with Crippen molar-refractivity contribution in [2.24, 2.45) is 5.84 Å². The van der Waals surface area contributed by atoms with Gasteiger partial charge in [-0.25, -0.2) is 5.84 Å². The standard InChI is InChI=1S/C8H13N3O2/c1-11(2)4-7-3-6(5-13-7)8(12)10-9/h3,5H,4,9H2,1-2H3,(H,10,12). The molecule has 5 nitrogen and oxygen atoms in total. The number of nitrogens with two attached hydrogens (primary N) is 1. The number of hydrazine groups is 1. The molecular weight excluding hydrogens is 170 g/mol. The highest BCUT2D eigenvalue weighted by molar-refractivity contribution is 5.93. The SMILES string of the molecule is CN(C)Cc1cc(C(=O)NN)co1. The fourth-order valence-corrected chi connectivity index (χ4v) is 0.978. The van der Waals surface area contributed by atoms with Crippen LogP contribution < -0.4 is 11.3 Å². The van der Waals surface area contributed by atoms with Gasteiger partial charge in [0.1, 0.15) is 12.0 Å². The molecule has 0 saturated carbocycles. The predicted molar refractivity (Wildman–Crippen MR) is 47.8 cm³/mol. The summed E-state index contributed by atoms with van der Waals surface area (Å²) in [6.07, 6.45) is 1.39. The number of nitrogen functional groups attached to an aromatic ring is 1. The number of hydrogen-bond donors (Lipinski definition) is 2. The molecule has 1 amide bonds. The van der Waals surface area contributed by atoms with E-state index >= 15 is 0 Å². The van der Waals surface area contributed by atoms with Gasteiger partial charge in [-0.1, -0.05) is 0 Å². The first kappa shape index (κ1) is 9.76. The van der Waals surface area contributed by atoms with E-state index in [0.717, 1.165) is 5.76 Å². The molecule has 0 atom stereocenters. The van der Waals surface area contributed by atoms with Gasteiger partial charge in [-0.15, -0.1) is 0 Å². The van der Waals surface area contributed by atoms with Crippen LogP contribution in [-0.4, -0.2) is 24.9 Å². The van der Waals surface area contributed by atoms with Gasteiger partial charge < -0.3 is 9.32 Å². The Morgan fingerprint density at radius 2 is 2.38 bits per heavy atom. The van der Waals surface area contributed by atoms with E-state index in [1.807, 2.05) is 24.4 Å². The number of amides is 1. The summed E-state index contributed by atoms with van der Waals surface area (Å²) >= 11 is 0. The first-order valence-electron chi connectivity index (χ1n) is 3.86. The van der Waals surface area contributed by atoms with Gasteiger partial charge in [0, 0.05) is 0 Å². The summed E-state index contributed by atoms with van der Waals surface area (Å²) in [6.45, 7) is 0.665. The fourth-order valence-electron chi connectivity index (χ4n) is 0.978. The normalized spacial score (nSPS) is 10.5. The molecule has 72 valence electrons. The Balaban J connectivity index is 2.69. The van der Waals surface area contributed by atoms with E-state index in [0.29, 0.717) is 12.1 Å². The number of nitrogens with zero attached hydrogens (tertiary/aromatic N) is 1. The molecule has 1 aromatic rings. The van der Waals surface area contributed by atoms with Gasteiger partial charge in [-0.3, -0.25) is 10.2 Å². The lowest BCUT2D eigenvalue weighted by atomic mass is 10.3. The van der Waals surface area contributed by atoms with Crippen LogP contribution in [0, 0.1) is 0 Å². The summed E-state index contributed by atoms with van der Waals surface area (Å²) in [5.74, 6) is 5.36. The third kappa shape index (κ3) is 2.57. The van der Waals surface area contributed by atoms with Crippen molar-refractivity contribution in [1.82, 2.24) is 10.3 Å². The Kier molecular flexibility index (Phi) is 3.05. The van der Waals surface area contributed by atoms with Gasteiger partial charge in [0.15, 0.2) is 0 Å². The molecule has 0 aromatic carbocycles. The molecule has 0 aliphatic heterocycles. The van der Waals surface area contributed by atoms with Crippen LogP contribution in [0.2, 0.25) is 0 Å². The van der Waals surface area contributed by atoms with Gasteiger partial charge in [-0.2, -0.15) is 0 Å². The summed E-state index contributed by atoms with van der Waals surface area (Å²) in [4.78, 5) is 13.0. The van der Waals surface area contributed by atoms with Crippen molar-refractivity contribution in [2.75, 3.05) is 14.1 Å². The Bertz CT molecular complexity index is 293. The Hall–Kier alpha value is -1.33. The van der Waals surface area contributed by atoms with Crippen LogP contribution in [0.3, 0.4) is 0 Å². The van der Waals surface area contributed by atoms with Gasteiger partial charge in [0.25, 0.3) is 5.91 Å². The number of nitrogens with one attached hydrogen (secondary N) is 1. The van der Waals surface area contributed by atoms with E-state index in [-0.39, 0.29) is 5.91 Å². The predicted octanol–water partition coefficient (Wildman–Crippen LogP) is -0.0553. The highest BCUT2D eigenvalue weighted by Crippen LogP contribution is 2.08. The molecule has 0 bridgehead atoms. The van der Waals surface area contributed by atoms with E-state index in [1.54, 1.807) is 6.07 Å². The third-order valence-corrected chi connectivity index (χ3v) is 1.52. The summed E-state index contributed by atoms with van der Waals surface area (Å²) in [5, 5.41) is 0. The smallest absolute Gasteiger partial charge is 0.268 e. The van der Waals surface area contributed by atoms with E-state index in [1.165, 1.54) is 6.26 Å². The minimum atomic E-state index is -0.339. The first-order valence-corrected chi connectivity index (χ1v) is 3.86. The lowest BCUT2D eigenvalue weighted by Crippen LogP contribution is -2.29. The molecule has 13 heavy (non-hydrogen) atoms. The van der Waals surface area contributed by atoms with Crippen LogP contribution in [0.25, 0.3) is 0 Å². The zero-order valence-corrected chi connectivity index (χ0v) is 7.70. The van der Waals surface area contributed by atoms with Gasteiger partial charge in [0.2, 0.25) is 0 Å². The van der Waals surface area contributed by atoms with Crippen LogP contribution >= 0.6 is 0 Å². The zero-order chi connectivity index (χ0) is 9.84. The Labute approximate surface area is 76.5 Å². The number of carbonyl (C=O) groups excluding carboxylic acids is 1. The highest BCUT2D eigenvalue weighted by Gasteiger charge is 2.08. The molecule has 1 aromatic heterocycles. The number of rotatable bonds is 3. The number of hydrogen-bond acceptors (Lipinski definition) is 4. The molecule has 0 saturated heterocycles.